The summed E-state index contributed by atoms with van der Waals surface area (Å²) in [6.45, 7) is 6.45. The molecule has 0 spiro atoms. The normalized spacial score (nSPS) is 15.2. The number of carbonyl (C=O) groups is 1. The highest BCUT2D eigenvalue weighted by molar-refractivity contribution is 9.10. The van der Waals surface area contributed by atoms with Crippen molar-refractivity contribution in [2.45, 2.75) is 45.8 Å². The fourth-order valence-electron chi connectivity index (χ4n) is 4.04. The number of aromatic nitrogens is 2. The lowest BCUT2D eigenvalue weighted by Gasteiger charge is -2.30. The molecule has 4 rings (SSSR count). The van der Waals surface area contributed by atoms with Crippen LogP contribution in [0.1, 0.15) is 37.3 Å². The van der Waals surface area contributed by atoms with Crippen molar-refractivity contribution in [3.8, 4) is 0 Å². The molecule has 6 nitrogen and oxygen atoms in total. The molecule has 2 aromatic carbocycles. The van der Waals surface area contributed by atoms with E-state index in [4.69, 9.17) is 0 Å². The molecule has 1 aliphatic rings. The summed E-state index contributed by atoms with van der Waals surface area (Å²) in [4.78, 5) is 31.8. The largest absolute Gasteiger partial charge is 0.352 e. The van der Waals surface area contributed by atoms with Gasteiger partial charge in [0.25, 0.3) is 5.56 Å². The summed E-state index contributed by atoms with van der Waals surface area (Å²) in [5, 5.41) is 3.49. The summed E-state index contributed by atoms with van der Waals surface area (Å²) in [6, 6.07) is 13.9. The van der Waals surface area contributed by atoms with Crippen LogP contribution in [0.25, 0.3) is 10.9 Å². The van der Waals surface area contributed by atoms with Crippen molar-refractivity contribution >= 4 is 32.7 Å². The van der Waals surface area contributed by atoms with Crippen molar-refractivity contribution in [3.05, 3.63) is 74.7 Å². The molecule has 168 valence electrons. The van der Waals surface area contributed by atoms with Gasteiger partial charge in [0.2, 0.25) is 5.91 Å². The molecule has 0 unspecified atom stereocenters. The highest BCUT2D eigenvalue weighted by atomic mass is 79.9. The number of carbonyl (C=O) groups excluding carboxylic acids is 1. The summed E-state index contributed by atoms with van der Waals surface area (Å²) in [6.07, 6.45) is 4.30. The topological polar surface area (TPSA) is 67.2 Å². The third kappa shape index (κ3) is 5.84. The minimum Gasteiger partial charge on any atom is -0.352 e. The van der Waals surface area contributed by atoms with Crippen LogP contribution in [0.4, 0.5) is 0 Å². The molecule has 1 saturated heterocycles. The molecule has 1 N–H and O–H groups in total. The number of fused-ring (bicyclic) bond motifs is 1. The van der Waals surface area contributed by atoms with Gasteiger partial charge in [-0.15, -0.1) is 0 Å². The van der Waals surface area contributed by atoms with Gasteiger partial charge in [-0.25, -0.2) is 4.98 Å². The first-order valence-electron chi connectivity index (χ1n) is 11.2. The predicted molar refractivity (Wildman–Crippen MR) is 130 cm³/mol. The molecule has 1 fully saturated rings. The number of amides is 1. The van der Waals surface area contributed by atoms with Crippen LogP contribution in [0, 0.1) is 5.92 Å². The van der Waals surface area contributed by atoms with Gasteiger partial charge in [-0.1, -0.05) is 47.1 Å². The van der Waals surface area contributed by atoms with Crippen molar-refractivity contribution in [1.82, 2.24) is 19.8 Å². The standard InChI is InChI=1S/C25H29BrN4O2/c1-18-8-11-29(12-9-18)16-20-4-2-19(3-5-20)15-27-24(31)10-13-30-17-28-23-7-6-21(26)14-22(23)25(30)32/h2-7,14,17-18H,8-13,15-16H2,1H3,(H,27,31). The first-order valence-corrected chi connectivity index (χ1v) is 12.0. The Balaban J connectivity index is 1.26. The number of hydrogen-bond acceptors (Lipinski definition) is 4. The van der Waals surface area contributed by atoms with E-state index in [0.29, 0.717) is 24.0 Å². The Hall–Kier alpha value is -2.51. The molecule has 3 aromatic rings. The zero-order valence-electron chi connectivity index (χ0n) is 18.4. The van der Waals surface area contributed by atoms with E-state index in [1.54, 1.807) is 12.1 Å². The van der Waals surface area contributed by atoms with Gasteiger partial charge < -0.3 is 5.32 Å². The van der Waals surface area contributed by atoms with E-state index in [0.717, 1.165) is 22.5 Å². The van der Waals surface area contributed by atoms with Crippen LogP contribution in [-0.4, -0.2) is 33.4 Å². The molecule has 0 aliphatic carbocycles. The highest BCUT2D eigenvalue weighted by Crippen LogP contribution is 2.18. The van der Waals surface area contributed by atoms with Crippen LogP contribution in [-0.2, 0) is 24.4 Å². The van der Waals surface area contributed by atoms with Crippen molar-refractivity contribution < 1.29 is 4.79 Å². The predicted octanol–water partition coefficient (Wildman–Crippen LogP) is 4.10. The SMILES string of the molecule is CC1CCN(Cc2ccc(CNC(=O)CCn3cnc4ccc(Br)cc4c3=O)cc2)CC1. The molecule has 1 amide bonds. The lowest BCUT2D eigenvalue weighted by atomic mass is 9.99. The van der Waals surface area contributed by atoms with Crippen LogP contribution in [0.15, 0.2) is 58.1 Å². The van der Waals surface area contributed by atoms with E-state index >= 15 is 0 Å². The molecular formula is C25H29BrN4O2. The van der Waals surface area contributed by atoms with Gasteiger partial charge in [-0.2, -0.15) is 0 Å². The fourth-order valence-corrected chi connectivity index (χ4v) is 4.40. The lowest BCUT2D eigenvalue weighted by molar-refractivity contribution is -0.121. The summed E-state index contributed by atoms with van der Waals surface area (Å²) >= 11 is 3.38. The molecular weight excluding hydrogens is 468 g/mol. The van der Waals surface area contributed by atoms with Gasteiger partial charge >= 0.3 is 0 Å². The van der Waals surface area contributed by atoms with Gasteiger partial charge in [0.1, 0.15) is 0 Å². The van der Waals surface area contributed by atoms with E-state index in [2.05, 4.69) is 62.3 Å². The van der Waals surface area contributed by atoms with Gasteiger partial charge in [0.05, 0.1) is 17.2 Å². The Morgan fingerprint density at radius 3 is 2.59 bits per heavy atom. The summed E-state index contributed by atoms with van der Waals surface area (Å²) in [7, 11) is 0. The number of nitrogens with zero attached hydrogens (tertiary/aromatic N) is 3. The number of rotatable bonds is 7. The van der Waals surface area contributed by atoms with E-state index in [9.17, 15) is 9.59 Å². The van der Waals surface area contributed by atoms with E-state index < -0.39 is 0 Å². The molecule has 32 heavy (non-hydrogen) atoms. The molecule has 1 aromatic heterocycles. The van der Waals surface area contributed by atoms with Crippen LogP contribution < -0.4 is 10.9 Å². The second-order valence-corrected chi connectivity index (χ2v) is 9.62. The van der Waals surface area contributed by atoms with Crippen LogP contribution in [0.5, 0.6) is 0 Å². The Bertz CT molecular complexity index is 1130. The second-order valence-electron chi connectivity index (χ2n) is 8.71. The number of nitrogens with one attached hydrogen (secondary N) is 1. The van der Waals surface area contributed by atoms with Gasteiger partial charge in [-0.05, 0) is 61.2 Å². The Morgan fingerprint density at radius 1 is 1.12 bits per heavy atom. The molecule has 1 aliphatic heterocycles. The molecule has 0 bridgehead atoms. The second kappa shape index (κ2) is 10.4. The zero-order valence-corrected chi connectivity index (χ0v) is 20.0. The monoisotopic (exact) mass is 496 g/mol. The number of benzene rings is 2. The van der Waals surface area contributed by atoms with Crippen molar-refractivity contribution in [2.75, 3.05) is 13.1 Å². The van der Waals surface area contributed by atoms with Gasteiger partial charge in [-0.3, -0.25) is 19.1 Å². The number of halogens is 1. The maximum atomic E-state index is 12.6. The van der Waals surface area contributed by atoms with Crippen LogP contribution in [0.3, 0.4) is 0 Å². The molecule has 0 saturated carbocycles. The van der Waals surface area contributed by atoms with Gasteiger partial charge in [0, 0.05) is 30.5 Å². The lowest BCUT2D eigenvalue weighted by Crippen LogP contribution is -2.32. The molecule has 7 heteroatoms. The minimum atomic E-state index is -0.136. The number of piperidine rings is 1. The number of likely N-dealkylation sites (tertiary alicyclic amines) is 1. The quantitative estimate of drug-likeness (QED) is 0.534. The van der Waals surface area contributed by atoms with Crippen molar-refractivity contribution in [3.63, 3.8) is 0 Å². The van der Waals surface area contributed by atoms with E-state index in [1.165, 1.54) is 42.4 Å². The molecule has 2 heterocycles. The number of aryl methyl sites for hydroxylation is 1. The number of hydrogen-bond donors (Lipinski definition) is 1. The first kappa shape index (κ1) is 22.7. The Labute approximate surface area is 196 Å². The van der Waals surface area contributed by atoms with E-state index in [-0.39, 0.29) is 17.9 Å². The first-order chi connectivity index (χ1) is 15.5. The zero-order chi connectivity index (χ0) is 22.5. The smallest absolute Gasteiger partial charge is 0.261 e. The summed E-state index contributed by atoms with van der Waals surface area (Å²) in [5.41, 5.74) is 2.90. The average molecular weight is 497 g/mol. The van der Waals surface area contributed by atoms with Crippen LogP contribution >= 0.6 is 15.9 Å². The average Bonchev–Trinajstić information content (AvgIpc) is 2.80. The van der Waals surface area contributed by atoms with Crippen molar-refractivity contribution in [1.29, 1.82) is 0 Å². The molecule has 0 atom stereocenters. The molecule has 0 radical (unpaired) electrons. The summed E-state index contributed by atoms with van der Waals surface area (Å²) < 4.78 is 2.32. The summed E-state index contributed by atoms with van der Waals surface area (Å²) in [5.74, 6) is 0.758. The third-order valence-corrected chi connectivity index (χ3v) is 6.65. The third-order valence-electron chi connectivity index (χ3n) is 6.16. The van der Waals surface area contributed by atoms with Crippen LogP contribution in [0.2, 0.25) is 0 Å². The fraction of sp³-hybridized carbons (Fsp3) is 0.400. The maximum absolute atomic E-state index is 12.6. The maximum Gasteiger partial charge on any atom is 0.261 e. The van der Waals surface area contributed by atoms with E-state index in [1.807, 2.05) is 6.07 Å². The minimum absolute atomic E-state index is 0.0854. The Morgan fingerprint density at radius 2 is 1.84 bits per heavy atom. The Kier molecular flexibility index (Phi) is 7.37. The van der Waals surface area contributed by atoms with Gasteiger partial charge in [0.15, 0.2) is 0 Å². The van der Waals surface area contributed by atoms with Crippen molar-refractivity contribution in [2.24, 2.45) is 5.92 Å². The highest BCUT2D eigenvalue weighted by Gasteiger charge is 2.15.